The zero-order chi connectivity index (χ0) is 18.4. The molecule has 0 unspecified atom stereocenters. The van der Waals surface area contributed by atoms with Crippen LogP contribution < -0.4 is 10.2 Å². The summed E-state index contributed by atoms with van der Waals surface area (Å²) in [7, 11) is 0. The second-order valence-corrected chi connectivity index (χ2v) is 5.54. The van der Waals surface area contributed by atoms with Crippen LogP contribution in [0.2, 0.25) is 0 Å². The number of ether oxygens (including phenoxy) is 1. The van der Waals surface area contributed by atoms with Crippen LogP contribution in [-0.4, -0.2) is 23.8 Å². The van der Waals surface area contributed by atoms with Crippen LogP contribution in [0.4, 0.5) is 0 Å². The van der Waals surface area contributed by atoms with E-state index >= 15 is 0 Å². The van der Waals surface area contributed by atoms with Gasteiger partial charge < -0.3 is 9.84 Å². The topological polar surface area (TPSA) is 70.9 Å². The van der Waals surface area contributed by atoms with Crippen molar-refractivity contribution in [2.24, 2.45) is 5.10 Å². The number of nitrogens with zero attached hydrogens (tertiary/aromatic N) is 1. The number of hydrazone groups is 1. The van der Waals surface area contributed by atoms with E-state index in [-0.39, 0.29) is 11.7 Å². The van der Waals surface area contributed by atoms with Crippen LogP contribution in [0.5, 0.6) is 11.5 Å². The Morgan fingerprint density at radius 3 is 2.65 bits per heavy atom. The lowest BCUT2D eigenvalue weighted by Crippen LogP contribution is -2.17. The SMILES string of the molecule is C=CCOc1ccc(C(=O)N/N=C\c2c(O)ccc3ccccc23)cc1. The molecule has 26 heavy (non-hydrogen) atoms. The van der Waals surface area contributed by atoms with E-state index in [1.807, 2.05) is 30.3 Å². The van der Waals surface area contributed by atoms with E-state index in [0.29, 0.717) is 23.5 Å². The minimum atomic E-state index is -0.351. The van der Waals surface area contributed by atoms with Gasteiger partial charge in [0.2, 0.25) is 0 Å². The molecule has 0 aliphatic heterocycles. The lowest BCUT2D eigenvalue weighted by molar-refractivity contribution is 0.0955. The molecular formula is C21H18N2O3. The summed E-state index contributed by atoms with van der Waals surface area (Å²) < 4.78 is 5.38. The quantitative estimate of drug-likeness (QED) is 0.404. The lowest BCUT2D eigenvalue weighted by Gasteiger charge is -2.05. The van der Waals surface area contributed by atoms with Crippen molar-refractivity contribution in [2.45, 2.75) is 0 Å². The summed E-state index contributed by atoms with van der Waals surface area (Å²) in [5, 5.41) is 15.9. The maximum atomic E-state index is 12.2. The Balaban J connectivity index is 1.71. The highest BCUT2D eigenvalue weighted by atomic mass is 16.5. The average Bonchev–Trinajstić information content (AvgIpc) is 2.68. The van der Waals surface area contributed by atoms with E-state index in [9.17, 15) is 9.90 Å². The molecule has 0 aliphatic carbocycles. The van der Waals surface area contributed by atoms with Crippen molar-refractivity contribution in [3.63, 3.8) is 0 Å². The zero-order valence-corrected chi connectivity index (χ0v) is 14.1. The molecule has 0 spiro atoms. The van der Waals surface area contributed by atoms with Crippen molar-refractivity contribution in [3.05, 3.63) is 84.4 Å². The monoisotopic (exact) mass is 346 g/mol. The molecule has 3 aromatic carbocycles. The Bertz CT molecular complexity index is 963. The second kappa shape index (κ2) is 7.98. The first-order valence-electron chi connectivity index (χ1n) is 8.07. The molecule has 3 aromatic rings. The Morgan fingerprint density at radius 2 is 1.88 bits per heavy atom. The Hall–Kier alpha value is -3.60. The highest BCUT2D eigenvalue weighted by Gasteiger charge is 2.06. The lowest BCUT2D eigenvalue weighted by atomic mass is 10.0. The van der Waals surface area contributed by atoms with Gasteiger partial charge in [-0.1, -0.05) is 43.0 Å². The van der Waals surface area contributed by atoms with Crippen LogP contribution in [-0.2, 0) is 0 Å². The number of fused-ring (bicyclic) bond motifs is 1. The number of carbonyl (C=O) groups excluding carboxylic acids is 1. The van der Waals surface area contributed by atoms with Gasteiger partial charge in [0.15, 0.2) is 0 Å². The summed E-state index contributed by atoms with van der Waals surface area (Å²) in [6, 6.07) is 17.8. The molecule has 0 atom stereocenters. The van der Waals surface area contributed by atoms with Gasteiger partial charge >= 0.3 is 0 Å². The molecule has 5 heteroatoms. The average molecular weight is 346 g/mol. The third kappa shape index (κ3) is 3.89. The van der Waals surface area contributed by atoms with Gasteiger partial charge in [0, 0.05) is 11.1 Å². The van der Waals surface area contributed by atoms with Crippen molar-refractivity contribution >= 4 is 22.9 Å². The van der Waals surface area contributed by atoms with Gasteiger partial charge in [0.25, 0.3) is 5.91 Å². The van der Waals surface area contributed by atoms with E-state index in [1.165, 1.54) is 6.21 Å². The standard InChI is InChI=1S/C21H18N2O3/c1-2-13-26-17-10-7-16(8-11-17)21(25)23-22-14-19-18-6-4-3-5-15(18)9-12-20(19)24/h2-12,14,24H,1,13H2,(H,23,25)/b22-14-. The zero-order valence-electron chi connectivity index (χ0n) is 14.1. The number of amides is 1. The number of rotatable bonds is 6. The Morgan fingerprint density at radius 1 is 1.12 bits per heavy atom. The van der Waals surface area contributed by atoms with Crippen LogP contribution >= 0.6 is 0 Å². The van der Waals surface area contributed by atoms with Gasteiger partial charge in [-0.15, -0.1) is 0 Å². The third-order valence-corrected chi connectivity index (χ3v) is 3.79. The van der Waals surface area contributed by atoms with E-state index in [2.05, 4.69) is 17.1 Å². The van der Waals surface area contributed by atoms with E-state index in [0.717, 1.165) is 10.8 Å². The molecule has 5 nitrogen and oxygen atoms in total. The fraction of sp³-hybridized carbons (Fsp3) is 0.0476. The molecule has 3 rings (SSSR count). The maximum Gasteiger partial charge on any atom is 0.271 e. The molecular weight excluding hydrogens is 328 g/mol. The second-order valence-electron chi connectivity index (χ2n) is 5.54. The minimum absolute atomic E-state index is 0.102. The predicted octanol–water partition coefficient (Wildman–Crippen LogP) is 3.87. The maximum absolute atomic E-state index is 12.2. The molecule has 1 amide bonds. The van der Waals surface area contributed by atoms with Crippen molar-refractivity contribution in [1.29, 1.82) is 0 Å². The molecule has 0 saturated heterocycles. The number of phenolic OH excluding ortho intramolecular Hbond substituents is 1. The van der Waals surface area contributed by atoms with Crippen molar-refractivity contribution in [1.82, 2.24) is 5.43 Å². The van der Waals surface area contributed by atoms with E-state index in [1.54, 1.807) is 36.4 Å². The summed E-state index contributed by atoms with van der Waals surface area (Å²) in [6.07, 6.45) is 3.09. The number of carbonyl (C=O) groups is 1. The first-order valence-corrected chi connectivity index (χ1v) is 8.07. The van der Waals surface area contributed by atoms with Crippen LogP contribution in [0, 0.1) is 0 Å². The minimum Gasteiger partial charge on any atom is -0.507 e. The fourth-order valence-corrected chi connectivity index (χ4v) is 2.50. The molecule has 130 valence electrons. The van der Waals surface area contributed by atoms with Gasteiger partial charge in [-0.25, -0.2) is 5.43 Å². The number of phenols is 1. The Labute approximate surface area is 151 Å². The number of aromatic hydroxyl groups is 1. The largest absolute Gasteiger partial charge is 0.507 e. The van der Waals surface area contributed by atoms with Gasteiger partial charge in [-0.3, -0.25) is 4.79 Å². The Kier molecular flexibility index (Phi) is 5.29. The first-order chi connectivity index (χ1) is 12.7. The summed E-state index contributed by atoms with van der Waals surface area (Å²) in [4.78, 5) is 12.2. The van der Waals surface area contributed by atoms with Crippen LogP contribution in [0.25, 0.3) is 10.8 Å². The summed E-state index contributed by atoms with van der Waals surface area (Å²) in [5.41, 5.74) is 3.47. The molecule has 0 aliphatic rings. The summed E-state index contributed by atoms with van der Waals surface area (Å²) in [6.45, 7) is 3.99. The predicted molar refractivity (Wildman–Crippen MR) is 103 cm³/mol. The highest BCUT2D eigenvalue weighted by molar-refractivity contribution is 6.03. The molecule has 0 fully saturated rings. The normalized spacial score (nSPS) is 10.8. The molecule has 0 radical (unpaired) electrons. The smallest absolute Gasteiger partial charge is 0.271 e. The van der Waals surface area contributed by atoms with Crippen molar-refractivity contribution < 1.29 is 14.6 Å². The summed E-state index contributed by atoms with van der Waals surface area (Å²) >= 11 is 0. The molecule has 0 saturated carbocycles. The van der Waals surface area contributed by atoms with Gasteiger partial charge in [-0.2, -0.15) is 5.10 Å². The molecule has 0 heterocycles. The van der Waals surface area contributed by atoms with Gasteiger partial charge in [0.1, 0.15) is 18.1 Å². The van der Waals surface area contributed by atoms with Crippen molar-refractivity contribution in [2.75, 3.05) is 6.61 Å². The van der Waals surface area contributed by atoms with Crippen molar-refractivity contribution in [3.8, 4) is 11.5 Å². The third-order valence-electron chi connectivity index (χ3n) is 3.79. The van der Waals surface area contributed by atoms with Gasteiger partial charge in [0.05, 0.1) is 6.21 Å². The van der Waals surface area contributed by atoms with E-state index < -0.39 is 0 Å². The van der Waals surface area contributed by atoms with E-state index in [4.69, 9.17) is 4.74 Å². The highest BCUT2D eigenvalue weighted by Crippen LogP contribution is 2.25. The molecule has 2 N–H and O–H groups in total. The fourth-order valence-electron chi connectivity index (χ4n) is 2.50. The summed E-state index contributed by atoms with van der Waals surface area (Å²) in [5.74, 6) is 0.410. The molecule has 0 bridgehead atoms. The van der Waals surface area contributed by atoms with Crippen LogP contribution in [0.15, 0.2) is 78.4 Å². The number of nitrogens with one attached hydrogen (secondary N) is 1. The number of hydrogen-bond donors (Lipinski definition) is 2. The number of hydrogen-bond acceptors (Lipinski definition) is 4. The van der Waals surface area contributed by atoms with Gasteiger partial charge in [-0.05, 0) is 41.1 Å². The first kappa shape index (κ1) is 17.2. The molecule has 0 aromatic heterocycles. The van der Waals surface area contributed by atoms with Crippen LogP contribution in [0.3, 0.4) is 0 Å². The van der Waals surface area contributed by atoms with Crippen LogP contribution in [0.1, 0.15) is 15.9 Å². The number of benzene rings is 3.